The van der Waals surface area contributed by atoms with Gasteiger partial charge in [-0.05, 0) is 38.2 Å². The maximum Gasteiger partial charge on any atom is 0.252 e. The third-order valence-electron chi connectivity index (χ3n) is 2.55. The number of hydrogen-bond donors (Lipinski definition) is 3. The van der Waals surface area contributed by atoms with E-state index < -0.39 is 0 Å². The number of nitrogens with one attached hydrogen (secondary N) is 3. The first-order valence-corrected chi connectivity index (χ1v) is 6.42. The highest BCUT2D eigenvalue weighted by atomic mass is 35.5. The molecule has 0 aliphatic carbocycles. The molecule has 0 bridgehead atoms. The summed E-state index contributed by atoms with van der Waals surface area (Å²) in [5.41, 5.74) is 0.912. The van der Waals surface area contributed by atoms with Crippen molar-refractivity contribution in [3.8, 4) is 0 Å². The van der Waals surface area contributed by atoms with Crippen molar-refractivity contribution in [2.45, 2.75) is 12.8 Å². The highest BCUT2D eigenvalue weighted by Crippen LogP contribution is 2.20. The SMILES string of the molecule is CNCCCC(=O)Nc1ccc(Cl)c(C(=O)NC)c1.Cl. The summed E-state index contributed by atoms with van der Waals surface area (Å²) in [7, 11) is 3.37. The number of amides is 2. The zero-order valence-electron chi connectivity index (χ0n) is 11.5. The molecule has 0 spiro atoms. The van der Waals surface area contributed by atoms with Crippen molar-refractivity contribution >= 4 is 41.5 Å². The summed E-state index contributed by atoms with van der Waals surface area (Å²) in [6, 6.07) is 4.83. The van der Waals surface area contributed by atoms with E-state index in [2.05, 4.69) is 16.0 Å². The van der Waals surface area contributed by atoms with E-state index in [0.717, 1.165) is 13.0 Å². The molecule has 3 N–H and O–H groups in total. The largest absolute Gasteiger partial charge is 0.355 e. The average molecular weight is 320 g/mol. The molecule has 20 heavy (non-hydrogen) atoms. The van der Waals surface area contributed by atoms with Crippen molar-refractivity contribution in [1.29, 1.82) is 0 Å². The van der Waals surface area contributed by atoms with Gasteiger partial charge in [-0.25, -0.2) is 0 Å². The number of rotatable bonds is 6. The third kappa shape index (κ3) is 5.77. The Morgan fingerprint density at radius 3 is 2.55 bits per heavy atom. The van der Waals surface area contributed by atoms with E-state index in [1.165, 1.54) is 7.05 Å². The predicted molar refractivity (Wildman–Crippen MR) is 83.9 cm³/mol. The lowest BCUT2D eigenvalue weighted by Crippen LogP contribution is -2.19. The maximum absolute atomic E-state index is 11.7. The molecule has 2 amide bonds. The second-order valence-corrected chi connectivity index (χ2v) is 4.44. The Morgan fingerprint density at radius 1 is 1.25 bits per heavy atom. The van der Waals surface area contributed by atoms with Crippen LogP contribution in [-0.4, -0.2) is 32.5 Å². The quantitative estimate of drug-likeness (QED) is 0.703. The topological polar surface area (TPSA) is 70.2 Å². The fourth-order valence-corrected chi connectivity index (χ4v) is 1.76. The third-order valence-corrected chi connectivity index (χ3v) is 2.88. The number of carbonyl (C=O) groups excluding carboxylic acids is 2. The van der Waals surface area contributed by atoms with Crippen LogP contribution in [0.4, 0.5) is 5.69 Å². The van der Waals surface area contributed by atoms with E-state index >= 15 is 0 Å². The zero-order chi connectivity index (χ0) is 14.3. The molecule has 1 aromatic carbocycles. The van der Waals surface area contributed by atoms with Crippen molar-refractivity contribution in [1.82, 2.24) is 10.6 Å². The molecule has 7 heteroatoms. The van der Waals surface area contributed by atoms with Gasteiger partial charge in [-0.1, -0.05) is 11.6 Å². The average Bonchev–Trinajstić information content (AvgIpc) is 2.40. The van der Waals surface area contributed by atoms with Crippen molar-refractivity contribution in [2.75, 3.05) is 26.0 Å². The Hall–Kier alpha value is -1.30. The lowest BCUT2D eigenvalue weighted by Gasteiger charge is -2.08. The van der Waals surface area contributed by atoms with Gasteiger partial charge < -0.3 is 16.0 Å². The van der Waals surface area contributed by atoms with Gasteiger partial charge in [0.25, 0.3) is 5.91 Å². The standard InChI is InChI=1S/C13H18ClN3O2.ClH/c1-15-7-3-4-12(18)17-9-5-6-11(14)10(8-9)13(19)16-2;/h5-6,8,15H,3-4,7H2,1-2H3,(H,16,19)(H,17,18);1H. The lowest BCUT2D eigenvalue weighted by molar-refractivity contribution is -0.116. The van der Waals surface area contributed by atoms with Crippen LogP contribution in [0.1, 0.15) is 23.2 Å². The van der Waals surface area contributed by atoms with Crippen LogP contribution in [0.2, 0.25) is 5.02 Å². The summed E-state index contributed by atoms with van der Waals surface area (Å²) < 4.78 is 0. The van der Waals surface area contributed by atoms with E-state index in [0.29, 0.717) is 22.7 Å². The number of benzene rings is 1. The second kappa shape index (κ2) is 9.58. The first-order chi connectivity index (χ1) is 9.08. The van der Waals surface area contributed by atoms with Crippen LogP contribution < -0.4 is 16.0 Å². The predicted octanol–water partition coefficient (Wildman–Crippen LogP) is 2.06. The fraction of sp³-hybridized carbons (Fsp3) is 0.385. The van der Waals surface area contributed by atoms with E-state index in [-0.39, 0.29) is 24.2 Å². The summed E-state index contributed by atoms with van der Waals surface area (Å²) in [6.45, 7) is 0.789. The molecule has 0 saturated carbocycles. The second-order valence-electron chi connectivity index (χ2n) is 4.03. The first-order valence-electron chi connectivity index (χ1n) is 6.04. The Kier molecular flexibility index (Phi) is 8.96. The van der Waals surface area contributed by atoms with Crippen LogP contribution in [-0.2, 0) is 4.79 Å². The van der Waals surface area contributed by atoms with Crippen LogP contribution >= 0.6 is 24.0 Å². The minimum atomic E-state index is -0.281. The molecule has 0 fully saturated rings. The summed E-state index contributed by atoms with van der Waals surface area (Å²) in [5.74, 6) is -0.364. The molecule has 0 aliphatic rings. The Labute approximate surface area is 129 Å². The molecule has 0 aliphatic heterocycles. The van der Waals surface area contributed by atoms with Crippen LogP contribution in [0.15, 0.2) is 18.2 Å². The van der Waals surface area contributed by atoms with Gasteiger partial charge in [-0.2, -0.15) is 0 Å². The van der Waals surface area contributed by atoms with Crippen molar-refractivity contribution < 1.29 is 9.59 Å². The highest BCUT2D eigenvalue weighted by Gasteiger charge is 2.10. The molecule has 0 unspecified atom stereocenters. The summed E-state index contributed by atoms with van der Waals surface area (Å²) >= 11 is 5.93. The van der Waals surface area contributed by atoms with E-state index in [9.17, 15) is 9.59 Å². The highest BCUT2D eigenvalue weighted by molar-refractivity contribution is 6.34. The van der Waals surface area contributed by atoms with Crippen LogP contribution in [0.5, 0.6) is 0 Å². The fourth-order valence-electron chi connectivity index (χ4n) is 1.56. The van der Waals surface area contributed by atoms with Crippen molar-refractivity contribution in [3.63, 3.8) is 0 Å². The first kappa shape index (κ1) is 18.7. The van der Waals surface area contributed by atoms with Gasteiger partial charge >= 0.3 is 0 Å². The van der Waals surface area contributed by atoms with Crippen LogP contribution in [0.25, 0.3) is 0 Å². The Balaban J connectivity index is 0.00000361. The molecule has 0 aromatic heterocycles. The van der Waals surface area contributed by atoms with Gasteiger partial charge in [0.05, 0.1) is 10.6 Å². The van der Waals surface area contributed by atoms with Crippen molar-refractivity contribution in [3.05, 3.63) is 28.8 Å². The number of anilines is 1. The smallest absolute Gasteiger partial charge is 0.252 e. The summed E-state index contributed by atoms with van der Waals surface area (Å²) in [4.78, 5) is 23.2. The number of halogens is 2. The van der Waals surface area contributed by atoms with Gasteiger partial charge in [0, 0.05) is 19.2 Å². The molecule has 5 nitrogen and oxygen atoms in total. The van der Waals surface area contributed by atoms with E-state index in [1.54, 1.807) is 18.2 Å². The molecular weight excluding hydrogens is 301 g/mol. The summed E-state index contributed by atoms with van der Waals surface area (Å²) in [5, 5.41) is 8.57. The zero-order valence-corrected chi connectivity index (χ0v) is 13.0. The van der Waals surface area contributed by atoms with Crippen LogP contribution in [0, 0.1) is 0 Å². The molecule has 0 heterocycles. The van der Waals surface area contributed by atoms with Gasteiger partial charge in [0.1, 0.15) is 0 Å². The van der Waals surface area contributed by atoms with E-state index in [4.69, 9.17) is 11.6 Å². The molecule has 1 rings (SSSR count). The molecule has 0 saturated heterocycles. The van der Waals surface area contributed by atoms with Gasteiger partial charge in [-0.15, -0.1) is 12.4 Å². The molecule has 0 atom stereocenters. The number of carbonyl (C=O) groups is 2. The summed E-state index contributed by atoms with van der Waals surface area (Å²) in [6.07, 6.45) is 1.19. The normalized spacial score (nSPS) is 9.55. The van der Waals surface area contributed by atoms with E-state index in [1.807, 2.05) is 7.05 Å². The van der Waals surface area contributed by atoms with Crippen LogP contribution in [0.3, 0.4) is 0 Å². The molecular formula is C13H19Cl2N3O2. The minimum absolute atomic E-state index is 0. The van der Waals surface area contributed by atoms with Gasteiger partial charge in [0.15, 0.2) is 0 Å². The Bertz CT molecular complexity index is 467. The molecule has 0 radical (unpaired) electrons. The lowest BCUT2D eigenvalue weighted by atomic mass is 10.2. The number of hydrogen-bond acceptors (Lipinski definition) is 3. The monoisotopic (exact) mass is 319 g/mol. The van der Waals surface area contributed by atoms with Gasteiger partial charge in [-0.3, -0.25) is 9.59 Å². The Morgan fingerprint density at radius 2 is 1.95 bits per heavy atom. The van der Waals surface area contributed by atoms with Gasteiger partial charge in [0.2, 0.25) is 5.91 Å². The van der Waals surface area contributed by atoms with Crippen molar-refractivity contribution in [2.24, 2.45) is 0 Å². The minimum Gasteiger partial charge on any atom is -0.355 e. The maximum atomic E-state index is 11.7. The molecule has 1 aromatic rings. The molecule has 112 valence electrons.